The molecule has 0 spiro atoms. The first kappa shape index (κ1) is 54.3. The van der Waals surface area contributed by atoms with Gasteiger partial charge in [-0.15, -0.1) is 0 Å². The molecule has 4 saturated carbocycles. The van der Waals surface area contributed by atoms with E-state index >= 15 is 0 Å². The number of hydrogen-bond acceptors (Lipinski definition) is 8. The summed E-state index contributed by atoms with van der Waals surface area (Å²) in [6.07, 6.45) is 41.1. The Labute approximate surface area is 343 Å². The van der Waals surface area contributed by atoms with E-state index in [-0.39, 0.29) is 7.43 Å². The maximum atomic E-state index is 10.1. The molecule has 0 aromatic rings. The molecule has 0 radical (unpaired) electrons. The third kappa shape index (κ3) is 46.7. The summed E-state index contributed by atoms with van der Waals surface area (Å²) in [7, 11) is -2.87. The lowest BCUT2D eigenvalue weighted by atomic mass is 10.0. The van der Waals surface area contributed by atoms with E-state index in [1.165, 1.54) is 204 Å². The minimum absolute atomic E-state index is 0. The maximum absolute atomic E-state index is 10.1. The average molecular weight is 826 g/mol. The molecule has 7 nitrogen and oxygen atoms in total. The minimum Gasteiger partial charge on any atom is -0.381 e. The van der Waals surface area contributed by atoms with Crippen LogP contribution in [0.1, 0.15) is 194 Å². The molecule has 0 aromatic carbocycles. The van der Waals surface area contributed by atoms with E-state index < -0.39 is 20.6 Å². The monoisotopic (exact) mass is 826 g/mol. The zero-order valence-corrected chi connectivity index (χ0v) is 37.0. The van der Waals surface area contributed by atoms with E-state index in [9.17, 15) is 12.6 Å². The van der Waals surface area contributed by atoms with Crippen molar-refractivity contribution < 1.29 is 26.8 Å². The smallest absolute Gasteiger partial charge is 0.150 e. The lowest BCUT2D eigenvalue weighted by Crippen LogP contribution is -2.23. The van der Waals surface area contributed by atoms with Gasteiger partial charge in [0.05, 0.1) is 11.5 Å². The second-order valence-electron chi connectivity index (χ2n) is 15.5. The number of ether oxygens (including phenoxy) is 3. The number of rotatable bonds is 0. The van der Waals surface area contributed by atoms with Gasteiger partial charge in [-0.2, -0.15) is 11.8 Å². The van der Waals surface area contributed by atoms with Gasteiger partial charge < -0.3 is 19.5 Å². The summed E-state index contributed by atoms with van der Waals surface area (Å²) in [6.45, 7) is 8.50. The summed E-state index contributed by atoms with van der Waals surface area (Å²) >= 11 is 2.04. The van der Waals surface area contributed by atoms with E-state index in [2.05, 4.69) is 5.32 Å². The molecule has 0 atom stereocenters. The quantitative estimate of drug-likeness (QED) is 0.258. The lowest BCUT2D eigenvalue weighted by molar-refractivity contribution is 0.0367. The number of hydrogen-bond donors (Lipinski definition) is 1. The highest BCUT2D eigenvalue weighted by Crippen LogP contribution is 2.17. The zero-order chi connectivity index (χ0) is 38.0. The first-order valence-electron chi connectivity index (χ1n) is 22.7. The van der Waals surface area contributed by atoms with Crippen LogP contribution in [0.4, 0.5) is 0 Å². The van der Waals surface area contributed by atoms with Crippen molar-refractivity contribution in [2.75, 3.05) is 87.2 Å². The van der Waals surface area contributed by atoms with E-state index in [4.69, 9.17) is 14.2 Å². The standard InChI is InChI=1S/C6H12.C5H10O.C5H10.C4H9N.C4H8O.C4H8.C3H6O2S.C3H6OS.C3H6O.C3H6S.C3H6.CH4/c2*1-2-4-6-5-3-1;3*1-2-4-5-3-1;1-2-4-3-1;4-6(5)2-1-3-6;4-5-2-1-3-5;2*1-2-4-3-1;1-2-3-1;/h1-6H2;1-5H2;1-5H2;5H,1-4H2;1-4H2;1-4H2;1-3H2;1-3H2;2*1-3H2;1-3H2;1H4. The largest absolute Gasteiger partial charge is 0.381 e. The molecule has 0 unspecified atom stereocenters. The van der Waals surface area contributed by atoms with Gasteiger partial charge in [0.15, 0.2) is 0 Å². The first-order valence-corrected chi connectivity index (χ1v) is 27.1. The molecule has 4 aliphatic carbocycles. The molecule has 54 heavy (non-hydrogen) atoms. The Balaban J connectivity index is 0.000000573. The second kappa shape index (κ2) is 44.4. The third-order valence-electron chi connectivity index (χ3n) is 9.77. The molecule has 7 heterocycles. The van der Waals surface area contributed by atoms with E-state index in [0.29, 0.717) is 11.5 Å². The molecule has 1 N–H and O–H groups in total. The molecule has 7 saturated heterocycles. The Hall–Kier alpha value is 0.290. The highest BCUT2D eigenvalue weighted by molar-refractivity contribution is 8.00. The molecule has 0 bridgehead atoms. The van der Waals surface area contributed by atoms with Gasteiger partial charge in [-0.25, -0.2) is 8.42 Å². The Morgan fingerprint density at radius 3 is 0.704 bits per heavy atom. The SMILES string of the molecule is C.C1CC1.C1CCC1.C1CCCC1.C1CCCCC1.C1CCNC1.C1CCOC1.C1CCOCC1.C1COC1.C1CSC1.O=S1(=O)CCC1.O=S1CCC1. The Bertz CT molecular complexity index is 698. The van der Waals surface area contributed by atoms with Crippen molar-refractivity contribution in [2.45, 2.75) is 194 Å². The van der Waals surface area contributed by atoms with Gasteiger partial charge in [-0.1, -0.05) is 123 Å². The fourth-order valence-electron chi connectivity index (χ4n) is 4.95. The van der Waals surface area contributed by atoms with Crippen LogP contribution >= 0.6 is 11.8 Å². The van der Waals surface area contributed by atoms with Crippen LogP contribution in [0.5, 0.6) is 0 Å². The van der Waals surface area contributed by atoms with Gasteiger partial charge in [0, 0.05) is 61.9 Å². The van der Waals surface area contributed by atoms with Crippen LogP contribution in [0, 0.1) is 0 Å². The Kier molecular flexibility index (Phi) is 44.6. The maximum Gasteiger partial charge on any atom is 0.150 e. The molecule has 326 valence electrons. The minimum atomic E-state index is -2.48. The number of nitrogens with one attached hydrogen (secondary N) is 1. The van der Waals surface area contributed by atoms with Gasteiger partial charge in [-0.3, -0.25) is 4.21 Å². The van der Waals surface area contributed by atoms with Crippen LogP contribution < -0.4 is 5.32 Å². The summed E-state index contributed by atoms with van der Waals surface area (Å²) in [6, 6.07) is 0. The average Bonchev–Trinajstić information content (AvgIpc) is 3.57. The summed E-state index contributed by atoms with van der Waals surface area (Å²) < 4.78 is 44.9. The van der Waals surface area contributed by atoms with E-state index in [1.807, 2.05) is 11.8 Å². The molecule has 7 aliphatic heterocycles. The van der Waals surface area contributed by atoms with Gasteiger partial charge in [0.2, 0.25) is 0 Å². The highest BCUT2D eigenvalue weighted by atomic mass is 32.2. The van der Waals surface area contributed by atoms with Gasteiger partial charge in [0.1, 0.15) is 9.84 Å². The third-order valence-corrected chi connectivity index (χ3v) is 14.2. The molecule has 0 aromatic heterocycles. The summed E-state index contributed by atoms with van der Waals surface area (Å²) in [5.74, 6) is 5.60. The highest BCUT2D eigenvalue weighted by Gasteiger charge is 2.19. The van der Waals surface area contributed by atoms with Crippen LogP contribution in [-0.2, 0) is 34.8 Å². The molecular formula is C44H91NO6S3. The molecule has 11 fully saturated rings. The number of sulfone groups is 1. The second-order valence-corrected chi connectivity index (χ2v) is 20.7. The zero-order valence-electron chi connectivity index (χ0n) is 34.6. The summed E-state index contributed by atoms with van der Waals surface area (Å²) in [4.78, 5) is 0. The van der Waals surface area contributed by atoms with Gasteiger partial charge in [-0.05, 0) is 95.2 Å². The van der Waals surface area contributed by atoms with Crippen molar-refractivity contribution in [3.63, 3.8) is 0 Å². The van der Waals surface area contributed by atoms with Crippen LogP contribution in [-0.4, -0.2) is 99.9 Å². The van der Waals surface area contributed by atoms with Gasteiger partial charge in [0.25, 0.3) is 0 Å². The number of thioether (sulfide) groups is 1. The van der Waals surface area contributed by atoms with Crippen molar-refractivity contribution in [1.82, 2.24) is 5.32 Å². The predicted molar refractivity (Wildman–Crippen MR) is 240 cm³/mol. The van der Waals surface area contributed by atoms with E-state index in [0.717, 1.165) is 57.6 Å². The van der Waals surface area contributed by atoms with Crippen molar-refractivity contribution in [3.05, 3.63) is 0 Å². The Morgan fingerprint density at radius 1 is 0.389 bits per heavy atom. The normalized spacial score (nSPS) is 24.2. The molecule has 11 rings (SSSR count). The van der Waals surface area contributed by atoms with Crippen LogP contribution in [0.25, 0.3) is 0 Å². The van der Waals surface area contributed by atoms with Crippen molar-refractivity contribution in [3.8, 4) is 0 Å². The first-order chi connectivity index (χ1) is 26.1. The molecule has 10 heteroatoms. The summed E-state index contributed by atoms with van der Waals surface area (Å²) in [5.41, 5.74) is 0. The molecule has 0 amide bonds. The van der Waals surface area contributed by atoms with Crippen LogP contribution in [0.2, 0.25) is 0 Å². The molecule has 11 aliphatic rings. The predicted octanol–water partition coefficient (Wildman–Crippen LogP) is 11.5. The van der Waals surface area contributed by atoms with Gasteiger partial charge >= 0.3 is 0 Å². The lowest BCUT2D eigenvalue weighted by Gasteiger charge is -2.09. The molecular weight excluding hydrogens is 735 g/mol. The van der Waals surface area contributed by atoms with E-state index in [1.54, 1.807) is 0 Å². The van der Waals surface area contributed by atoms with Crippen molar-refractivity contribution in [1.29, 1.82) is 0 Å². The fourth-order valence-corrected chi connectivity index (χ4v) is 6.52. The Morgan fingerprint density at radius 2 is 0.630 bits per heavy atom. The topological polar surface area (TPSA) is 90.9 Å². The van der Waals surface area contributed by atoms with Crippen molar-refractivity contribution >= 4 is 32.4 Å². The van der Waals surface area contributed by atoms with Crippen molar-refractivity contribution in [2.24, 2.45) is 0 Å². The van der Waals surface area contributed by atoms with Crippen LogP contribution in [0.3, 0.4) is 0 Å². The summed E-state index contributed by atoms with van der Waals surface area (Å²) in [5, 5.41) is 3.22. The fraction of sp³-hybridized carbons (Fsp3) is 1.00. The van der Waals surface area contributed by atoms with Crippen LogP contribution in [0.15, 0.2) is 0 Å².